The number of aromatic nitrogens is 2. The molecule has 0 aromatic carbocycles. The summed E-state index contributed by atoms with van der Waals surface area (Å²) >= 11 is 5.60. The Morgan fingerprint density at radius 2 is 1.89 bits per heavy atom. The van der Waals surface area contributed by atoms with Crippen molar-refractivity contribution >= 4 is 23.4 Å². The van der Waals surface area contributed by atoms with Gasteiger partial charge in [0, 0.05) is 12.0 Å². The van der Waals surface area contributed by atoms with Gasteiger partial charge in [-0.15, -0.1) is 0 Å². The molecular weight excluding hydrogens is 268 g/mol. The third kappa shape index (κ3) is 3.64. The number of carbonyl (C=O) groups excluding carboxylic acids is 2. The Bertz CT molecular complexity index is 469. The second-order valence-corrected chi connectivity index (χ2v) is 5.04. The van der Waals surface area contributed by atoms with Crippen LogP contribution < -0.4 is 11.1 Å². The van der Waals surface area contributed by atoms with Crippen LogP contribution in [-0.2, 0) is 4.79 Å². The predicted molar refractivity (Wildman–Crippen MR) is 69.4 cm³/mol. The van der Waals surface area contributed by atoms with Crippen LogP contribution in [0.15, 0.2) is 12.4 Å². The highest BCUT2D eigenvalue weighted by molar-refractivity contribution is 6.29. The Labute approximate surface area is 115 Å². The van der Waals surface area contributed by atoms with E-state index < -0.39 is 0 Å². The molecule has 0 unspecified atom stereocenters. The number of amides is 2. The van der Waals surface area contributed by atoms with E-state index >= 15 is 0 Å². The number of halogens is 1. The normalized spacial score (nSPS) is 22.8. The fourth-order valence-corrected chi connectivity index (χ4v) is 2.31. The maximum Gasteiger partial charge on any atom is 0.271 e. The van der Waals surface area contributed by atoms with Crippen molar-refractivity contribution in [3.63, 3.8) is 0 Å². The van der Waals surface area contributed by atoms with Gasteiger partial charge in [0.05, 0.1) is 12.4 Å². The smallest absolute Gasteiger partial charge is 0.271 e. The van der Waals surface area contributed by atoms with Gasteiger partial charge in [0.2, 0.25) is 5.91 Å². The van der Waals surface area contributed by atoms with Crippen molar-refractivity contribution in [2.45, 2.75) is 31.7 Å². The number of hydrogen-bond acceptors (Lipinski definition) is 4. The molecule has 7 heteroatoms. The van der Waals surface area contributed by atoms with Gasteiger partial charge in [-0.2, -0.15) is 0 Å². The molecule has 3 N–H and O–H groups in total. The summed E-state index contributed by atoms with van der Waals surface area (Å²) in [6, 6.07) is 0.0561. The van der Waals surface area contributed by atoms with Gasteiger partial charge in [0.25, 0.3) is 5.91 Å². The average Bonchev–Trinajstić information content (AvgIpc) is 2.40. The molecule has 0 atom stereocenters. The summed E-state index contributed by atoms with van der Waals surface area (Å²) in [6.45, 7) is 0. The van der Waals surface area contributed by atoms with Gasteiger partial charge in [0.1, 0.15) is 10.8 Å². The van der Waals surface area contributed by atoms with E-state index in [1.165, 1.54) is 12.4 Å². The van der Waals surface area contributed by atoms with Crippen LogP contribution in [0.25, 0.3) is 0 Å². The molecule has 1 aromatic rings. The van der Waals surface area contributed by atoms with Gasteiger partial charge >= 0.3 is 0 Å². The summed E-state index contributed by atoms with van der Waals surface area (Å²) in [6.07, 6.45) is 5.60. The van der Waals surface area contributed by atoms with Crippen LogP contribution in [0.2, 0.25) is 5.15 Å². The van der Waals surface area contributed by atoms with E-state index in [0.29, 0.717) is 12.8 Å². The van der Waals surface area contributed by atoms with Gasteiger partial charge in [-0.3, -0.25) is 9.59 Å². The molecular formula is C12H15ClN4O2. The first-order valence-electron chi connectivity index (χ1n) is 6.14. The Kier molecular flexibility index (Phi) is 4.31. The lowest BCUT2D eigenvalue weighted by atomic mass is 9.85. The number of hydrogen-bond donors (Lipinski definition) is 2. The molecule has 1 heterocycles. The van der Waals surface area contributed by atoms with Crippen LogP contribution in [0.1, 0.15) is 36.2 Å². The predicted octanol–water partition coefficient (Wildman–Crippen LogP) is 0.904. The zero-order chi connectivity index (χ0) is 13.8. The Morgan fingerprint density at radius 1 is 1.21 bits per heavy atom. The average molecular weight is 283 g/mol. The van der Waals surface area contributed by atoms with Gasteiger partial charge < -0.3 is 11.1 Å². The van der Waals surface area contributed by atoms with Crippen LogP contribution in [0, 0.1) is 5.92 Å². The minimum absolute atomic E-state index is 0.0561. The van der Waals surface area contributed by atoms with Gasteiger partial charge in [-0.1, -0.05) is 11.6 Å². The summed E-state index contributed by atoms with van der Waals surface area (Å²) in [5.41, 5.74) is 5.50. The maximum atomic E-state index is 11.9. The second-order valence-electron chi connectivity index (χ2n) is 4.65. The Balaban J connectivity index is 1.87. The number of nitrogens with two attached hydrogens (primary N) is 1. The van der Waals surface area contributed by atoms with E-state index in [1.807, 2.05) is 0 Å². The lowest BCUT2D eigenvalue weighted by Gasteiger charge is -2.27. The summed E-state index contributed by atoms with van der Waals surface area (Å²) in [4.78, 5) is 30.6. The Hall–Kier alpha value is -1.69. The highest BCUT2D eigenvalue weighted by atomic mass is 35.5. The van der Waals surface area contributed by atoms with Crippen molar-refractivity contribution in [3.05, 3.63) is 23.2 Å². The van der Waals surface area contributed by atoms with E-state index in [9.17, 15) is 9.59 Å². The van der Waals surface area contributed by atoms with Crippen molar-refractivity contribution in [2.75, 3.05) is 0 Å². The highest BCUT2D eigenvalue weighted by Crippen LogP contribution is 2.24. The minimum atomic E-state index is -0.272. The second kappa shape index (κ2) is 5.97. The summed E-state index contributed by atoms with van der Waals surface area (Å²) < 4.78 is 0. The lowest BCUT2D eigenvalue weighted by Crippen LogP contribution is -2.40. The maximum absolute atomic E-state index is 11.9. The summed E-state index contributed by atoms with van der Waals surface area (Å²) in [7, 11) is 0. The fourth-order valence-electron chi connectivity index (χ4n) is 2.21. The van der Waals surface area contributed by atoms with E-state index in [-0.39, 0.29) is 34.6 Å². The highest BCUT2D eigenvalue weighted by Gasteiger charge is 2.26. The van der Waals surface area contributed by atoms with Crippen molar-refractivity contribution in [1.29, 1.82) is 0 Å². The van der Waals surface area contributed by atoms with Gasteiger partial charge in [-0.05, 0) is 25.7 Å². The number of carbonyl (C=O) groups is 2. The molecule has 0 spiro atoms. The van der Waals surface area contributed by atoms with E-state index in [2.05, 4.69) is 15.3 Å². The molecule has 1 saturated carbocycles. The van der Waals surface area contributed by atoms with Gasteiger partial charge in [-0.25, -0.2) is 9.97 Å². The third-order valence-electron chi connectivity index (χ3n) is 3.32. The lowest BCUT2D eigenvalue weighted by molar-refractivity contribution is -0.122. The number of rotatable bonds is 3. The van der Waals surface area contributed by atoms with Crippen molar-refractivity contribution < 1.29 is 9.59 Å². The molecule has 0 aliphatic heterocycles. The molecule has 2 rings (SSSR count). The van der Waals surface area contributed by atoms with Crippen molar-refractivity contribution in [1.82, 2.24) is 15.3 Å². The first-order chi connectivity index (χ1) is 9.06. The minimum Gasteiger partial charge on any atom is -0.369 e. The number of nitrogens with one attached hydrogen (secondary N) is 1. The zero-order valence-electron chi connectivity index (χ0n) is 10.3. The SMILES string of the molecule is NC(=O)C1CCC(NC(=O)c2cnc(Cl)cn2)CC1. The van der Waals surface area contributed by atoms with Crippen molar-refractivity contribution in [3.8, 4) is 0 Å². The molecule has 1 aliphatic rings. The number of nitrogens with zero attached hydrogens (tertiary/aromatic N) is 2. The Morgan fingerprint density at radius 3 is 2.42 bits per heavy atom. The van der Waals surface area contributed by atoms with Crippen LogP contribution in [0.3, 0.4) is 0 Å². The molecule has 102 valence electrons. The molecule has 0 saturated heterocycles. The van der Waals surface area contributed by atoms with Gasteiger partial charge in [0.15, 0.2) is 0 Å². The van der Waals surface area contributed by atoms with E-state index in [1.54, 1.807) is 0 Å². The number of primary amides is 1. The molecule has 2 amide bonds. The van der Waals surface area contributed by atoms with Crippen LogP contribution >= 0.6 is 11.6 Å². The monoisotopic (exact) mass is 282 g/mol. The summed E-state index contributed by atoms with van der Waals surface area (Å²) in [5, 5.41) is 3.13. The van der Waals surface area contributed by atoms with Crippen LogP contribution in [-0.4, -0.2) is 27.8 Å². The van der Waals surface area contributed by atoms with E-state index in [4.69, 9.17) is 17.3 Å². The quantitative estimate of drug-likeness (QED) is 0.861. The van der Waals surface area contributed by atoms with Crippen LogP contribution in [0.4, 0.5) is 0 Å². The molecule has 1 aliphatic carbocycles. The fraction of sp³-hybridized carbons (Fsp3) is 0.500. The third-order valence-corrected chi connectivity index (χ3v) is 3.51. The van der Waals surface area contributed by atoms with Crippen molar-refractivity contribution in [2.24, 2.45) is 11.7 Å². The topological polar surface area (TPSA) is 98.0 Å². The van der Waals surface area contributed by atoms with E-state index in [0.717, 1.165) is 12.8 Å². The molecule has 6 nitrogen and oxygen atoms in total. The standard InChI is InChI=1S/C12H15ClN4O2/c13-10-6-15-9(5-16-10)12(19)17-8-3-1-7(2-4-8)11(14)18/h5-8H,1-4H2,(H2,14,18)(H,17,19). The molecule has 0 radical (unpaired) electrons. The van der Waals surface area contributed by atoms with Crippen LogP contribution in [0.5, 0.6) is 0 Å². The molecule has 0 bridgehead atoms. The first kappa shape index (κ1) is 13.7. The first-order valence-corrected chi connectivity index (χ1v) is 6.52. The largest absolute Gasteiger partial charge is 0.369 e. The molecule has 1 fully saturated rings. The zero-order valence-corrected chi connectivity index (χ0v) is 11.1. The molecule has 19 heavy (non-hydrogen) atoms. The molecule has 1 aromatic heterocycles. The summed E-state index contributed by atoms with van der Waals surface area (Å²) in [5.74, 6) is -0.594.